The predicted octanol–water partition coefficient (Wildman–Crippen LogP) is 3.71. The van der Waals surface area contributed by atoms with Gasteiger partial charge < -0.3 is 15.3 Å². The first-order valence-corrected chi connectivity index (χ1v) is 10.8. The minimum Gasteiger partial charge on any atom is -0.507 e. The molecule has 1 atom stereocenters. The Labute approximate surface area is 189 Å². The number of nitrogens with one attached hydrogen (secondary N) is 1. The van der Waals surface area contributed by atoms with Gasteiger partial charge in [-0.2, -0.15) is 5.10 Å². The number of benzene rings is 1. The molecule has 32 heavy (non-hydrogen) atoms. The summed E-state index contributed by atoms with van der Waals surface area (Å²) in [6.07, 6.45) is 1.18. The second-order valence-electron chi connectivity index (χ2n) is 8.02. The standard InChI is InChI=1S/C17H14ClFN4O2.C5H10FN/c1-8-15(18)9(2)23-16(20-8)12-6-22(7-13(12)21-23)17(25)11-4-3-10(19)5-14(11)24;6-5-2-1-3-7-4-5/h3-5,24H,6-7H2,1-2H3;5,7H,1-4H2. The summed E-state index contributed by atoms with van der Waals surface area (Å²) < 4.78 is 26.9. The fourth-order valence-electron chi connectivity index (χ4n) is 3.92. The van der Waals surface area contributed by atoms with E-state index in [2.05, 4.69) is 15.4 Å². The number of piperidine rings is 1. The smallest absolute Gasteiger partial charge is 0.258 e. The normalized spacial score (nSPS) is 17.8. The van der Waals surface area contributed by atoms with E-state index >= 15 is 0 Å². The topological polar surface area (TPSA) is 82.8 Å². The highest BCUT2D eigenvalue weighted by molar-refractivity contribution is 6.31. The van der Waals surface area contributed by atoms with E-state index in [-0.39, 0.29) is 17.2 Å². The molecule has 4 heterocycles. The van der Waals surface area contributed by atoms with E-state index in [4.69, 9.17) is 11.6 Å². The van der Waals surface area contributed by atoms with Crippen LogP contribution in [0, 0.1) is 19.7 Å². The van der Waals surface area contributed by atoms with Crippen molar-refractivity contribution in [1.82, 2.24) is 24.8 Å². The second-order valence-corrected chi connectivity index (χ2v) is 8.40. The van der Waals surface area contributed by atoms with Gasteiger partial charge in [-0.3, -0.25) is 4.79 Å². The first kappa shape index (κ1) is 22.4. The molecule has 0 spiro atoms. The predicted molar refractivity (Wildman–Crippen MR) is 116 cm³/mol. The van der Waals surface area contributed by atoms with Gasteiger partial charge in [0.25, 0.3) is 5.91 Å². The first-order valence-electron chi connectivity index (χ1n) is 10.4. The number of hydrogen-bond donors (Lipinski definition) is 2. The Kier molecular flexibility index (Phi) is 6.30. The van der Waals surface area contributed by atoms with E-state index in [0.29, 0.717) is 36.0 Å². The number of halogens is 3. The quantitative estimate of drug-likeness (QED) is 0.575. The number of alkyl halides is 1. The highest BCUT2D eigenvalue weighted by Gasteiger charge is 2.31. The molecule has 5 rings (SSSR count). The van der Waals surface area contributed by atoms with Crippen LogP contribution in [0.2, 0.25) is 5.02 Å². The van der Waals surface area contributed by atoms with Crippen molar-refractivity contribution in [3.05, 3.63) is 57.2 Å². The van der Waals surface area contributed by atoms with Crippen molar-refractivity contribution in [2.45, 2.75) is 46.0 Å². The van der Waals surface area contributed by atoms with E-state index in [9.17, 15) is 18.7 Å². The van der Waals surface area contributed by atoms with Gasteiger partial charge >= 0.3 is 0 Å². The summed E-state index contributed by atoms with van der Waals surface area (Å²) in [7, 11) is 0. The molecule has 0 radical (unpaired) electrons. The molecule has 2 aliphatic heterocycles. The Morgan fingerprint density at radius 1 is 1.31 bits per heavy atom. The van der Waals surface area contributed by atoms with Crippen LogP contribution in [0.3, 0.4) is 0 Å². The Morgan fingerprint density at radius 2 is 2.09 bits per heavy atom. The van der Waals surface area contributed by atoms with Gasteiger partial charge in [-0.15, -0.1) is 0 Å². The zero-order valence-electron chi connectivity index (χ0n) is 17.8. The molecule has 2 aromatic heterocycles. The van der Waals surface area contributed by atoms with Crippen LogP contribution in [0.4, 0.5) is 8.78 Å². The number of nitrogens with zero attached hydrogens (tertiary/aromatic N) is 4. The van der Waals surface area contributed by atoms with E-state index in [1.807, 2.05) is 13.8 Å². The van der Waals surface area contributed by atoms with Crippen molar-refractivity contribution < 1.29 is 18.7 Å². The van der Waals surface area contributed by atoms with Gasteiger partial charge in [-0.05, 0) is 45.4 Å². The van der Waals surface area contributed by atoms with Crippen molar-refractivity contribution in [3.8, 4) is 5.75 Å². The lowest BCUT2D eigenvalue weighted by molar-refractivity contribution is 0.0746. The van der Waals surface area contributed by atoms with Gasteiger partial charge in [0.2, 0.25) is 0 Å². The summed E-state index contributed by atoms with van der Waals surface area (Å²) in [5, 5.41) is 17.9. The molecule has 2 N–H and O–H groups in total. The van der Waals surface area contributed by atoms with Gasteiger partial charge in [-0.25, -0.2) is 18.3 Å². The number of rotatable bonds is 1. The molecule has 0 aliphatic carbocycles. The zero-order valence-corrected chi connectivity index (χ0v) is 18.6. The lowest BCUT2D eigenvalue weighted by Gasteiger charge is -2.16. The molecule has 7 nitrogen and oxygen atoms in total. The Hall–Kier alpha value is -2.78. The Morgan fingerprint density at radius 3 is 2.72 bits per heavy atom. The molecule has 1 saturated heterocycles. The minimum atomic E-state index is -0.594. The number of aryl methyl sites for hydroxylation is 2. The van der Waals surface area contributed by atoms with E-state index in [0.717, 1.165) is 48.5 Å². The van der Waals surface area contributed by atoms with Crippen LogP contribution in [0.1, 0.15) is 45.8 Å². The van der Waals surface area contributed by atoms with Gasteiger partial charge in [0.1, 0.15) is 17.7 Å². The minimum absolute atomic E-state index is 0.0619. The largest absolute Gasteiger partial charge is 0.507 e. The van der Waals surface area contributed by atoms with Crippen molar-refractivity contribution in [1.29, 1.82) is 0 Å². The summed E-state index contributed by atoms with van der Waals surface area (Å²) in [6.45, 7) is 5.88. The summed E-state index contributed by atoms with van der Waals surface area (Å²) in [5.74, 6) is -1.35. The number of phenolic OH excluding ortho intramolecular Hbond substituents is 1. The number of amides is 1. The molecule has 1 fully saturated rings. The first-order chi connectivity index (χ1) is 15.3. The van der Waals surface area contributed by atoms with Crippen molar-refractivity contribution in [3.63, 3.8) is 0 Å². The lowest BCUT2D eigenvalue weighted by Crippen LogP contribution is -2.30. The highest BCUT2D eigenvalue weighted by atomic mass is 35.5. The average molecular weight is 464 g/mol. The van der Waals surface area contributed by atoms with Gasteiger partial charge in [0, 0.05) is 18.2 Å². The van der Waals surface area contributed by atoms with Crippen molar-refractivity contribution in [2.24, 2.45) is 0 Å². The summed E-state index contributed by atoms with van der Waals surface area (Å²) >= 11 is 6.22. The fraction of sp³-hybridized carbons (Fsp3) is 0.409. The molecule has 10 heteroatoms. The van der Waals surface area contributed by atoms with Crippen LogP contribution in [0.5, 0.6) is 5.75 Å². The van der Waals surface area contributed by atoms with Crippen molar-refractivity contribution in [2.75, 3.05) is 13.1 Å². The van der Waals surface area contributed by atoms with Crippen LogP contribution in [-0.4, -0.2) is 49.8 Å². The molecule has 3 aromatic rings. The third kappa shape index (κ3) is 4.27. The Bertz CT molecular complexity index is 1180. The number of aromatic nitrogens is 3. The summed E-state index contributed by atoms with van der Waals surface area (Å²) in [6, 6.07) is 3.36. The third-order valence-electron chi connectivity index (χ3n) is 5.67. The highest BCUT2D eigenvalue weighted by Crippen LogP contribution is 2.31. The SMILES string of the molecule is Cc1nc2c3c(nn2c(C)c1Cl)CN(C(=O)c1ccc(F)cc1O)C3.FC1CCCNC1. The van der Waals surface area contributed by atoms with E-state index in [1.54, 1.807) is 9.42 Å². The number of carbonyl (C=O) groups excluding carboxylic acids is 1. The number of carbonyl (C=O) groups is 1. The maximum absolute atomic E-state index is 13.1. The Balaban J connectivity index is 0.000000300. The maximum Gasteiger partial charge on any atom is 0.258 e. The molecule has 2 aliphatic rings. The van der Waals surface area contributed by atoms with Gasteiger partial charge in [-0.1, -0.05) is 11.6 Å². The number of fused-ring (bicyclic) bond motifs is 3. The van der Waals surface area contributed by atoms with Crippen LogP contribution in [-0.2, 0) is 13.1 Å². The second kappa shape index (κ2) is 8.99. The summed E-state index contributed by atoms with van der Waals surface area (Å²) in [4.78, 5) is 18.7. The molecular formula is C22H24ClF2N5O2. The number of phenols is 1. The molecule has 1 unspecified atom stereocenters. The number of aromatic hydroxyl groups is 1. The van der Waals surface area contributed by atoms with Crippen LogP contribution >= 0.6 is 11.6 Å². The molecule has 1 amide bonds. The number of hydrogen-bond acceptors (Lipinski definition) is 5. The average Bonchev–Trinajstić information content (AvgIpc) is 3.32. The molecular weight excluding hydrogens is 440 g/mol. The van der Waals surface area contributed by atoms with Gasteiger partial charge in [0.05, 0.1) is 40.8 Å². The maximum atomic E-state index is 13.1. The molecule has 1 aromatic carbocycles. The summed E-state index contributed by atoms with van der Waals surface area (Å²) in [5.41, 5.74) is 3.84. The van der Waals surface area contributed by atoms with Gasteiger partial charge in [0.15, 0.2) is 5.65 Å². The molecule has 0 bridgehead atoms. The molecule has 0 saturated carbocycles. The monoisotopic (exact) mass is 463 g/mol. The fourth-order valence-corrected chi connectivity index (χ4v) is 4.04. The zero-order chi connectivity index (χ0) is 23.0. The molecule has 170 valence electrons. The lowest BCUT2D eigenvalue weighted by atomic mass is 10.1. The third-order valence-corrected chi connectivity index (χ3v) is 6.22. The van der Waals surface area contributed by atoms with Crippen LogP contribution in [0.15, 0.2) is 18.2 Å². The van der Waals surface area contributed by atoms with E-state index in [1.165, 1.54) is 6.07 Å². The van der Waals surface area contributed by atoms with Crippen LogP contribution < -0.4 is 5.32 Å². The van der Waals surface area contributed by atoms with Crippen LogP contribution in [0.25, 0.3) is 5.65 Å². The van der Waals surface area contributed by atoms with Crippen molar-refractivity contribution >= 4 is 23.2 Å². The van der Waals surface area contributed by atoms with E-state index < -0.39 is 12.0 Å².